The van der Waals surface area contributed by atoms with E-state index in [0.29, 0.717) is 12.5 Å². The number of thiophene rings is 1. The van der Waals surface area contributed by atoms with E-state index in [0.717, 1.165) is 19.3 Å². The zero-order valence-corrected chi connectivity index (χ0v) is 11.3. The molecule has 0 bridgehead atoms. The first-order valence-electron chi connectivity index (χ1n) is 6.86. The third-order valence-corrected chi connectivity index (χ3v) is 5.14. The van der Waals surface area contributed by atoms with Gasteiger partial charge in [0.2, 0.25) is 5.91 Å². The molecule has 2 unspecified atom stereocenters. The Kier molecular flexibility index (Phi) is 3.39. The van der Waals surface area contributed by atoms with Crippen molar-refractivity contribution in [3.05, 3.63) is 21.9 Å². The third-order valence-electron chi connectivity index (χ3n) is 4.14. The zero-order valence-electron chi connectivity index (χ0n) is 10.5. The van der Waals surface area contributed by atoms with E-state index in [4.69, 9.17) is 5.73 Å². The molecule has 4 heteroatoms. The van der Waals surface area contributed by atoms with Gasteiger partial charge in [-0.05, 0) is 55.0 Å². The number of fused-ring (bicyclic) bond motifs is 1. The Hall–Kier alpha value is -0.870. The van der Waals surface area contributed by atoms with Crippen molar-refractivity contribution < 1.29 is 4.79 Å². The van der Waals surface area contributed by atoms with E-state index in [2.05, 4.69) is 16.8 Å². The molecule has 2 aliphatic rings. The van der Waals surface area contributed by atoms with Crippen LogP contribution in [-0.2, 0) is 11.2 Å². The lowest BCUT2D eigenvalue weighted by molar-refractivity contribution is -0.123. The van der Waals surface area contributed by atoms with E-state index in [1.807, 2.05) is 0 Å². The summed E-state index contributed by atoms with van der Waals surface area (Å²) in [5.41, 5.74) is 7.01. The average molecular weight is 264 g/mol. The maximum absolute atomic E-state index is 12.4. The Morgan fingerprint density at radius 1 is 1.50 bits per heavy atom. The minimum absolute atomic E-state index is 0.0628. The summed E-state index contributed by atoms with van der Waals surface area (Å²) in [7, 11) is 0. The number of carbonyl (C=O) groups is 1. The quantitative estimate of drug-likeness (QED) is 0.874. The minimum atomic E-state index is 0.0628. The van der Waals surface area contributed by atoms with Gasteiger partial charge in [0.05, 0.1) is 5.92 Å². The fraction of sp³-hybridized carbons (Fsp3) is 0.643. The third kappa shape index (κ3) is 2.31. The Balaban J connectivity index is 1.70. The lowest BCUT2D eigenvalue weighted by atomic mass is 9.87. The maximum Gasteiger partial charge on any atom is 0.227 e. The summed E-state index contributed by atoms with van der Waals surface area (Å²) < 4.78 is 0. The molecule has 0 aromatic carbocycles. The van der Waals surface area contributed by atoms with Gasteiger partial charge in [0, 0.05) is 17.5 Å². The first-order valence-corrected chi connectivity index (χ1v) is 7.74. The molecule has 0 radical (unpaired) electrons. The van der Waals surface area contributed by atoms with Gasteiger partial charge >= 0.3 is 0 Å². The van der Waals surface area contributed by atoms with Gasteiger partial charge in [-0.3, -0.25) is 4.79 Å². The molecule has 3 N–H and O–H groups in total. The number of aryl methyl sites for hydroxylation is 1. The SMILES string of the molecule is NCC(NC(=O)C1CCCc2sccc21)C1CC1. The van der Waals surface area contributed by atoms with E-state index in [-0.39, 0.29) is 17.9 Å². The number of hydrogen-bond acceptors (Lipinski definition) is 3. The highest BCUT2D eigenvalue weighted by molar-refractivity contribution is 7.10. The van der Waals surface area contributed by atoms with E-state index in [1.165, 1.54) is 23.3 Å². The van der Waals surface area contributed by atoms with Gasteiger partial charge in [-0.25, -0.2) is 0 Å². The topological polar surface area (TPSA) is 55.1 Å². The van der Waals surface area contributed by atoms with Crippen LogP contribution in [0.15, 0.2) is 11.4 Å². The number of nitrogens with one attached hydrogen (secondary N) is 1. The van der Waals surface area contributed by atoms with Crippen LogP contribution in [0.25, 0.3) is 0 Å². The summed E-state index contributed by atoms with van der Waals surface area (Å²) in [6, 6.07) is 2.32. The van der Waals surface area contributed by atoms with Crippen LogP contribution in [0, 0.1) is 5.92 Å². The van der Waals surface area contributed by atoms with Crippen molar-refractivity contribution >= 4 is 17.2 Å². The van der Waals surface area contributed by atoms with Crippen LogP contribution in [0.1, 0.15) is 42.0 Å². The minimum Gasteiger partial charge on any atom is -0.351 e. The van der Waals surface area contributed by atoms with Crippen LogP contribution < -0.4 is 11.1 Å². The Morgan fingerprint density at radius 3 is 3.06 bits per heavy atom. The van der Waals surface area contributed by atoms with E-state index in [1.54, 1.807) is 11.3 Å². The van der Waals surface area contributed by atoms with Crippen molar-refractivity contribution in [3.63, 3.8) is 0 Å². The van der Waals surface area contributed by atoms with Crippen LogP contribution in [0.4, 0.5) is 0 Å². The number of carbonyl (C=O) groups excluding carboxylic acids is 1. The van der Waals surface area contributed by atoms with Crippen LogP contribution in [0.3, 0.4) is 0 Å². The van der Waals surface area contributed by atoms with Gasteiger partial charge in [-0.2, -0.15) is 0 Å². The predicted octanol–water partition coefficient (Wildman–Crippen LogP) is 2.02. The Bertz CT molecular complexity index is 439. The molecule has 1 heterocycles. The smallest absolute Gasteiger partial charge is 0.227 e. The highest BCUT2D eigenvalue weighted by Gasteiger charge is 2.34. The summed E-state index contributed by atoms with van der Waals surface area (Å²) in [6.07, 6.45) is 5.69. The normalized spacial score (nSPS) is 24.4. The van der Waals surface area contributed by atoms with Crippen molar-refractivity contribution in [1.29, 1.82) is 0 Å². The first-order chi connectivity index (χ1) is 8.79. The second-order valence-corrected chi connectivity index (χ2v) is 6.43. The highest BCUT2D eigenvalue weighted by atomic mass is 32.1. The number of amides is 1. The summed E-state index contributed by atoms with van der Waals surface area (Å²) in [4.78, 5) is 13.8. The van der Waals surface area contributed by atoms with Gasteiger partial charge < -0.3 is 11.1 Å². The van der Waals surface area contributed by atoms with Crippen molar-refractivity contribution in [2.24, 2.45) is 11.7 Å². The molecule has 98 valence electrons. The number of nitrogens with two attached hydrogens (primary N) is 1. The molecule has 18 heavy (non-hydrogen) atoms. The van der Waals surface area contributed by atoms with Crippen molar-refractivity contribution in [1.82, 2.24) is 5.32 Å². The molecule has 2 aliphatic carbocycles. The van der Waals surface area contributed by atoms with E-state index >= 15 is 0 Å². The van der Waals surface area contributed by atoms with Gasteiger partial charge in [0.15, 0.2) is 0 Å². The number of hydrogen-bond donors (Lipinski definition) is 2. The van der Waals surface area contributed by atoms with Crippen LogP contribution >= 0.6 is 11.3 Å². The van der Waals surface area contributed by atoms with Crippen LogP contribution in [-0.4, -0.2) is 18.5 Å². The summed E-state index contributed by atoms with van der Waals surface area (Å²) in [6.45, 7) is 0.569. The molecule has 0 saturated heterocycles. The molecule has 3 nitrogen and oxygen atoms in total. The molecule has 1 amide bonds. The molecule has 1 aromatic heterocycles. The monoisotopic (exact) mass is 264 g/mol. The van der Waals surface area contributed by atoms with Gasteiger partial charge in [-0.1, -0.05) is 0 Å². The predicted molar refractivity (Wildman–Crippen MR) is 73.7 cm³/mol. The molecule has 1 fully saturated rings. The van der Waals surface area contributed by atoms with E-state index < -0.39 is 0 Å². The summed E-state index contributed by atoms with van der Waals surface area (Å²) >= 11 is 1.79. The van der Waals surface area contributed by atoms with Crippen LogP contribution in [0.2, 0.25) is 0 Å². The fourth-order valence-electron chi connectivity index (χ4n) is 2.91. The molecule has 2 atom stereocenters. The second kappa shape index (κ2) is 5.02. The van der Waals surface area contributed by atoms with E-state index in [9.17, 15) is 4.79 Å². The van der Waals surface area contributed by atoms with Crippen molar-refractivity contribution in [2.45, 2.75) is 44.1 Å². The highest BCUT2D eigenvalue weighted by Crippen LogP contribution is 2.36. The second-order valence-electron chi connectivity index (χ2n) is 5.43. The lowest BCUT2D eigenvalue weighted by Crippen LogP contribution is -2.44. The first kappa shape index (κ1) is 12.2. The van der Waals surface area contributed by atoms with Gasteiger partial charge in [0.25, 0.3) is 0 Å². The molecule has 1 saturated carbocycles. The number of rotatable bonds is 4. The average Bonchev–Trinajstić information content (AvgIpc) is 3.11. The molecular weight excluding hydrogens is 244 g/mol. The Morgan fingerprint density at radius 2 is 2.33 bits per heavy atom. The standard InChI is InChI=1S/C14H20N2OS/c15-8-12(9-4-5-9)16-14(17)11-2-1-3-13-10(11)6-7-18-13/h6-7,9,11-12H,1-5,8,15H2,(H,16,17). The summed E-state index contributed by atoms with van der Waals surface area (Å²) in [5, 5.41) is 5.28. The van der Waals surface area contributed by atoms with Gasteiger partial charge in [0.1, 0.15) is 0 Å². The van der Waals surface area contributed by atoms with Crippen LogP contribution in [0.5, 0.6) is 0 Å². The zero-order chi connectivity index (χ0) is 12.5. The molecule has 3 rings (SSSR count). The van der Waals surface area contributed by atoms with Crippen molar-refractivity contribution in [3.8, 4) is 0 Å². The fourth-order valence-corrected chi connectivity index (χ4v) is 3.90. The summed E-state index contributed by atoms with van der Waals surface area (Å²) in [5.74, 6) is 0.883. The van der Waals surface area contributed by atoms with Gasteiger partial charge in [-0.15, -0.1) is 11.3 Å². The Labute approximate surface area is 112 Å². The maximum atomic E-state index is 12.4. The largest absolute Gasteiger partial charge is 0.351 e. The molecule has 1 aromatic rings. The molecular formula is C14H20N2OS. The molecule has 0 spiro atoms. The molecule has 0 aliphatic heterocycles. The lowest BCUT2D eigenvalue weighted by Gasteiger charge is -2.25. The van der Waals surface area contributed by atoms with Crippen molar-refractivity contribution in [2.75, 3.05) is 6.54 Å².